The molecule has 0 aliphatic carbocycles. The van der Waals surface area contributed by atoms with Gasteiger partial charge in [-0.05, 0) is 25.1 Å². The standard InChI is InChI=1S/C14H12BrNO2S/c1-11-6-8-13(9-7-11)19(17,18)16-10-12-4-2-3-5-14(12)15/h2-10H,1H3. The minimum Gasteiger partial charge on any atom is -0.199 e. The van der Waals surface area contributed by atoms with E-state index in [1.165, 1.54) is 6.21 Å². The van der Waals surface area contributed by atoms with Crippen LogP contribution in [0, 0.1) is 6.92 Å². The van der Waals surface area contributed by atoms with Gasteiger partial charge < -0.3 is 0 Å². The van der Waals surface area contributed by atoms with Gasteiger partial charge in [0.2, 0.25) is 0 Å². The lowest BCUT2D eigenvalue weighted by atomic mass is 10.2. The molecule has 2 aromatic rings. The number of sulfonamides is 1. The summed E-state index contributed by atoms with van der Waals surface area (Å²) < 4.78 is 28.5. The zero-order valence-electron chi connectivity index (χ0n) is 10.2. The third-order valence-electron chi connectivity index (χ3n) is 2.55. The lowest BCUT2D eigenvalue weighted by Crippen LogP contribution is -1.98. The van der Waals surface area contributed by atoms with Gasteiger partial charge in [-0.25, -0.2) is 0 Å². The molecule has 0 unspecified atom stereocenters. The Bertz CT molecular complexity index is 706. The molecule has 5 heteroatoms. The van der Waals surface area contributed by atoms with E-state index in [4.69, 9.17) is 0 Å². The third-order valence-corrected chi connectivity index (χ3v) is 4.53. The molecule has 0 saturated carbocycles. The molecule has 0 amide bonds. The van der Waals surface area contributed by atoms with Crippen LogP contribution >= 0.6 is 15.9 Å². The first-order valence-electron chi connectivity index (χ1n) is 5.60. The summed E-state index contributed by atoms with van der Waals surface area (Å²) in [6, 6.07) is 13.9. The van der Waals surface area contributed by atoms with Crippen LogP contribution in [-0.2, 0) is 10.0 Å². The molecule has 2 rings (SSSR count). The predicted octanol–water partition coefficient (Wildman–Crippen LogP) is 3.57. The first kappa shape index (κ1) is 14.0. The molecule has 0 fully saturated rings. The van der Waals surface area contributed by atoms with Gasteiger partial charge in [-0.15, -0.1) is 0 Å². The molecule has 0 atom stereocenters. The fourth-order valence-electron chi connectivity index (χ4n) is 1.48. The van der Waals surface area contributed by atoms with Crippen molar-refractivity contribution in [1.82, 2.24) is 0 Å². The van der Waals surface area contributed by atoms with Crippen LogP contribution in [-0.4, -0.2) is 14.6 Å². The van der Waals surface area contributed by atoms with Gasteiger partial charge in [0.1, 0.15) is 0 Å². The van der Waals surface area contributed by atoms with E-state index in [-0.39, 0.29) is 4.90 Å². The van der Waals surface area contributed by atoms with Crippen molar-refractivity contribution in [2.24, 2.45) is 4.40 Å². The van der Waals surface area contributed by atoms with Crippen molar-refractivity contribution in [2.45, 2.75) is 11.8 Å². The van der Waals surface area contributed by atoms with E-state index in [1.54, 1.807) is 30.3 Å². The SMILES string of the molecule is Cc1ccc(S(=O)(=O)N=Cc2ccccc2Br)cc1. The second-order valence-electron chi connectivity index (χ2n) is 4.04. The highest BCUT2D eigenvalue weighted by Crippen LogP contribution is 2.16. The molecule has 0 aliphatic rings. The van der Waals surface area contributed by atoms with Gasteiger partial charge in [-0.1, -0.05) is 51.8 Å². The van der Waals surface area contributed by atoms with Crippen LogP contribution in [0.25, 0.3) is 0 Å². The highest BCUT2D eigenvalue weighted by molar-refractivity contribution is 9.10. The maximum absolute atomic E-state index is 12.0. The Hall–Kier alpha value is -1.46. The monoisotopic (exact) mass is 337 g/mol. The first-order valence-corrected chi connectivity index (χ1v) is 7.84. The van der Waals surface area contributed by atoms with Crippen molar-refractivity contribution in [3.8, 4) is 0 Å². The van der Waals surface area contributed by atoms with E-state index in [9.17, 15) is 8.42 Å². The van der Waals surface area contributed by atoms with E-state index < -0.39 is 10.0 Å². The zero-order valence-corrected chi connectivity index (χ0v) is 12.6. The van der Waals surface area contributed by atoms with Gasteiger partial charge in [-0.3, -0.25) is 0 Å². The summed E-state index contributed by atoms with van der Waals surface area (Å²) in [6.45, 7) is 1.90. The Labute approximate surface area is 121 Å². The Morgan fingerprint density at radius 2 is 1.68 bits per heavy atom. The van der Waals surface area contributed by atoms with Crippen LogP contribution in [0.5, 0.6) is 0 Å². The average Bonchev–Trinajstić information content (AvgIpc) is 2.38. The van der Waals surface area contributed by atoms with Crippen LogP contribution in [0.2, 0.25) is 0 Å². The predicted molar refractivity (Wildman–Crippen MR) is 80.1 cm³/mol. The molecule has 0 radical (unpaired) electrons. The maximum Gasteiger partial charge on any atom is 0.282 e. The van der Waals surface area contributed by atoms with E-state index in [2.05, 4.69) is 20.3 Å². The molecule has 0 heterocycles. The van der Waals surface area contributed by atoms with Gasteiger partial charge in [0.15, 0.2) is 0 Å². The third kappa shape index (κ3) is 3.52. The summed E-state index contributed by atoms with van der Waals surface area (Å²) in [5.74, 6) is 0. The molecule has 0 spiro atoms. The molecule has 3 nitrogen and oxygen atoms in total. The van der Waals surface area contributed by atoms with Crippen LogP contribution in [0.3, 0.4) is 0 Å². The van der Waals surface area contributed by atoms with Crippen molar-refractivity contribution >= 4 is 32.2 Å². The van der Waals surface area contributed by atoms with Crippen LogP contribution in [0.15, 0.2) is 62.3 Å². The van der Waals surface area contributed by atoms with E-state index >= 15 is 0 Å². The largest absolute Gasteiger partial charge is 0.282 e. The fraction of sp³-hybridized carbons (Fsp3) is 0.0714. The average molecular weight is 338 g/mol. The Morgan fingerprint density at radius 1 is 1.05 bits per heavy atom. The quantitative estimate of drug-likeness (QED) is 0.804. The summed E-state index contributed by atoms with van der Waals surface area (Å²) in [5, 5.41) is 0. The van der Waals surface area contributed by atoms with E-state index in [0.717, 1.165) is 15.6 Å². The number of halogens is 1. The van der Waals surface area contributed by atoms with Gasteiger partial charge in [-0.2, -0.15) is 12.8 Å². The van der Waals surface area contributed by atoms with Crippen molar-refractivity contribution < 1.29 is 8.42 Å². The Kier molecular flexibility index (Phi) is 4.17. The lowest BCUT2D eigenvalue weighted by Gasteiger charge is -2.00. The summed E-state index contributed by atoms with van der Waals surface area (Å²) in [5.41, 5.74) is 1.73. The molecular formula is C14H12BrNO2S. The maximum atomic E-state index is 12.0. The molecule has 0 aliphatic heterocycles. The second kappa shape index (κ2) is 5.67. The highest BCUT2D eigenvalue weighted by Gasteiger charge is 2.11. The lowest BCUT2D eigenvalue weighted by molar-refractivity contribution is 0.598. The second-order valence-corrected chi connectivity index (χ2v) is 6.53. The normalized spacial score (nSPS) is 11.9. The Morgan fingerprint density at radius 3 is 2.32 bits per heavy atom. The van der Waals surface area contributed by atoms with Crippen LogP contribution in [0.1, 0.15) is 11.1 Å². The number of nitrogens with zero attached hydrogens (tertiary/aromatic N) is 1. The van der Waals surface area contributed by atoms with Gasteiger partial charge in [0.05, 0.1) is 4.90 Å². The van der Waals surface area contributed by atoms with Crippen molar-refractivity contribution in [3.63, 3.8) is 0 Å². The summed E-state index contributed by atoms with van der Waals surface area (Å²) in [6.07, 6.45) is 1.35. The first-order chi connectivity index (χ1) is 8.99. The van der Waals surface area contributed by atoms with Crippen molar-refractivity contribution in [3.05, 3.63) is 64.1 Å². The Balaban J connectivity index is 2.32. The number of rotatable bonds is 3. The van der Waals surface area contributed by atoms with Crippen LogP contribution < -0.4 is 0 Å². The zero-order chi connectivity index (χ0) is 13.9. The number of hydrogen-bond donors (Lipinski definition) is 0. The van der Waals surface area contributed by atoms with Gasteiger partial charge in [0.25, 0.3) is 10.0 Å². The molecule has 98 valence electrons. The van der Waals surface area contributed by atoms with Gasteiger partial charge >= 0.3 is 0 Å². The fourth-order valence-corrected chi connectivity index (χ4v) is 2.72. The summed E-state index contributed by atoms with van der Waals surface area (Å²) in [7, 11) is -3.64. The van der Waals surface area contributed by atoms with E-state index in [1.807, 2.05) is 25.1 Å². The minimum atomic E-state index is -3.64. The molecule has 19 heavy (non-hydrogen) atoms. The smallest absolute Gasteiger partial charge is 0.199 e. The molecule has 0 N–H and O–H groups in total. The van der Waals surface area contributed by atoms with Crippen molar-refractivity contribution in [2.75, 3.05) is 0 Å². The molecular weight excluding hydrogens is 326 g/mol. The van der Waals surface area contributed by atoms with E-state index in [0.29, 0.717) is 0 Å². The molecule has 0 aromatic heterocycles. The van der Waals surface area contributed by atoms with Crippen molar-refractivity contribution in [1.29, 1.82) is 0 Å². The topological polar surface area (TPSA) is 46.5 Å². The molecule has 2 aromatic carbocycles. The summed E-state index contributed by atoms with van der Waals surface area (Å²) >= 11 is 3.34. The number of hydrogen-bond acceptors (Lipinski definition) is 2. The van der Waals surface area contributed by atoms with Crippen LogP contribution in [0.4, 0.5) is 0 Å². The molecule has 0 bridgehead atoms. The number of aryl methyl sites for hydroxylation is 1. The minimum absolute atomic E-state index is 0.196. The number of benzene rings is 2. The van der Waals surface area contributed by atoms with Gasteiger partial charge in [0, 0.05) is 16.3 Å². The molecule has 0 saturated heterocycles. The highest BCUT2D eigenvalue weighted by atomic mass is 79.9. The summed E-state index contributed by atoms with van der Waals surface area (Å²) in [4.78, 5) is 0.196.